The average molecular weight is 295 g/mol. The zero-order chi connectivity index (χ0) is 15.0. The Balaban J connectivity index is 2.17. The molecule has 1 aromatic carbocycles. The number of sulfonamides is 1. The second-order valence-electron chi connectivity index (χ2n) is 6.30. The third-order valence-electron chi connectivity index (χ3n) is 2.80. The van der Waals surface area contributed by atoms with Gasteiger partial charge in [-0.3, -0.25) is 0 Å². The number of aromatic amines is 1. The van der Waals surface area contributed by atoms with Gasteiger partial charge in [-0.1, -0.05) is 32.9 Å². The summed E-state index contributed by atoms with van der Waals surface area (Å²) in [5.74, 6) is 0.716. The second-order valence-corrected chi connectivity index (χ2v) is 8.05. The van der Waals surface area contributed by atoms with E-state index in [1.807, 2.05) is 45.0 Å². The maximum Gasteiger partial charge on any atom is 0.212 e. The van der Waals surface area contributed by atoms with Crippen LogP contribution in [0.5, 0.6) is 0 Å². The maximum atomic E-state index is 12.1. The normalized spacial score (nSPS) is 14.6. The Morgan fingerprint density at radius 1 is 1.30 bits per heavy atom. The Bertz CT molecular complexity index is 666. The molecule has 1 aromatic heterocycles. The highest BCUT2D eigenvalue weighted by atomic mass is 32.2. The summed E-state index contributed by atoms with van der Waals surface area (Å²) in [6, 6.07) is 7.25. The molecule has 1 atom stereocenters. The van der Waals surface area contributed by atoms with Crippen LogP contribution in [0.1, 0.15) is 39.6 Å². The smallest absolute Gasteiger partial charge is 0.212 e. The Labute approximate surface area is 119 Å². The summed E-state index contributed by atoms with van der Waals surface area (Å²) in [5, 5.41) is 0. The van der Waals surface area contributed by atoms with Crippen molar-refractivity contribution >= 4 is 21.1 Å². The van der Waals surface area contributed by atoms with Gasteiger partial charge in [-0.15, -0.1) is 0 Å². The number of aromatic nitrogens is 2. The highest BCUT2D eigenvalue weighted by Crippen LogP contribution is 2.19. The van der Waals surface area contributed by atoms with Crippen LogP contribution in [-0.2, 0) is 10.0 Å². The minimum atomic E-state index is -3.33. The summed E-state index contributed by atoms with van der Waals surface area (Å²) in [4.78, 5) is 7.55. The van der Waals surface area contributed by atoms with E-state index in [4.69, 9.17) is 0 Å². The van der Waals surface area contributed by atoms with Crippen molar-refractivity contribution in [2.75, 3.05) is 5.75 Å². The van der Waals surface area contributed by atoms with Gasteiger partial charge in [0.25, 0.3) is 0 Å². The van der Waals surface area contributed by atoms with Crippen LogP contribution in [0.4, 0.5) is 0 Å². The van der Waals surface area contributed by atoms with E-state index in [0.29, 0.717) is 5.82 Å². The monoisotopic (exact) mass is 295 g/mol. The summed E-state index contributed by atoms with van der Waals surface area (Å²) in [5.41, 5.74) is 1.47. The molecule has 0 bridgehead atoms. The van der Waals surface area contributed by atoms with Gasteiger partial charge in [0.1, 0.15) is 5.82 Å². The van der Waals surface area contributed by atoms with Gasteiger partial charge >= 0.3 is 0 Å². The van der Waals surface area contributed by atoms with Crippen LogP contribution in [0.2, 0.25) is 0 Å². The number of fused-ring (bicyclic) bond motifs is 1. The van der Waals surface area contributed by atoms with Gasteiger partial charge in [-0.2, -0.15) is 0 Å². The molecule has 0 radical (unpaired) electrons. The van der Waals surface area contributed by atoms with E-state index >= 15 is 0 Å². The molecule has 0 spiro atoms. The molecule has 0 aliphatic carbocycles. The summed E-state index contributed by atoms with van der Waals surface area (Å²) < 4.78 is 26.9. The molecule has 0 fully saturated rings. The van der Waals surface area contributed by atoms with Crippen LogP contribution in [-0.4, -0.2) is 24.1 Å². The van der Waals surface area contributed by atoms with Crippen LogP contribution in [0.25, 0.3) is 11.0 Å². The van der Waals surface area contributed by atoms with Crippen molar-refractivity contribution in [1.29, 1.82) is 0 Å². The van der Waals surface area contributed by atoms with E-state index in [9.17, 15) is 8.42 Å². The number of hydrogen-bond acceptors (Lipinski definition) is 3. The van der Waals surface area contributed by atoms with Crippen molar-refractivity contribution in [3.05, 3.63) is 30.1 Å². The predicted molar refractivity (Wildman–Crippen MR) is 80.9 cm³/mol. The summed E-state index contributed by atoms with van der Waals surface area (Å²) in [7, 11) is -3.33. The van der Waals surface area contributed by atoms with Crippen molar-refractivity contribution < 1.29 is 8.42 Å². The van der Waals surface area contributed by atoms with Gasteiger partial charge in [0, 0.05) is 0 Å². The summed E-state index contributed by atoms with van der Waals surface area (Å²) in [6.45, 7) is 7.49. The quantitative estimate of drug-likeness (QED) is 0.910. The zero-order valence-corrected chi connectivity index (χ0v) is 13.1. The second kappa shape index (κ2) is 5.18. The number of para-hydroxylation sites is 2. The lowest BCUT2D eigenvalue weighted by Gasteiger charge is -2.20. The topological polar surface area (TPSA) is 74.8 Å². The molecule has 20 heavy (non-hydrogen) atoms. The SMILES string of the molecule is CC(NS(=O)(=O)CC(C)(C)C)c1nc2ccccc2[nH]1. The van der Waals surface area contributed by atoms with Gasteiger partial charge in [-0.25, -0.2) is 18.1 Å². The Kier molecular flexibility index (Phi) is 3.88. The minimum absolute atomic E-state index is 0.0879. The molecule has 2 rings (SSSR count). The van der Waals surface area contributed by atoms with Crippen molar-refractivity contribution in [1.82, 2.24) is 14.7 Å². The molecule has 0 aliphatic rings. The highest BCUT2D eigenvalue weighted by Gasteiger charge is 2.24. The van der Waals surface area contributed by atoms with E-state index in [1.165, 1.54) is 0 Å². The van der Waals surface area contributed by atoms with E-state index in [2.05, 4.69) is 14.7 Å². The van der Waals surface area contributed by atoms with Crippen LogP contribution in [0.15, 0.2) is 24.3 Å². The first kappa shape index (κ1) is 15.0. The van der Waals surface area contributed by atoms with Crippen LogP contribution in [0, 0.1) is 5.41 Å². The molecule has 1 heterocycles. The third-order valence-corrected chi connectivity index (χ3v) is 4.76. The van der Waals surface area contributed by atoms with E-state index in [-0.39, 0.29) is 17.2 Å². The maximum absolute atomic E-state index is 12.1. The first-order valence-electron chi connectivity index (χ1n) is 6.61. The van der Waals surface area contributed by atoms with Crippen molar-refractivity contribution in [2.24, 2.45) is 5.41 Å². The summed E-state index contributed by atoms with van der Waals surface area (Å²) >= 11 is 0. The van der Waals surface area contributed by atoms with Crippen molar-refractivity contribution in [3.8, 4) is 0 Å². The average Bonchev–Trinajstić information content (AvgIpc) is 2.68. The Morgan fingerprint density at radius 2 is 1.95 bits per heavy atom. The first-order chi connectivity index (χ1) is 9.16. The van der Waals surface area contributed by atoms with E-state index < -0.39 is 10.0 Å². The fourth-order valence-electron chi connectivity index (χ4n) is 2.11. The van der Waals surface area contributed by atoms with Crippen molar-refractivity contribution in [2.45, 2.75) is 33.7 Å². The van der Waals surface area contributed by atoms with Gasteiger partial charge in [0.05, 0.1) is 22.8 Å². The minimum Gasteiger partial charge on any atom is -0.341 e. The first-order valence-corrected chi connectivity index (χ1v) is 8.26. The van der Waals surface area contributed by atoms with Gasteiger partial charge in [-0.05, 0) is 24.5 Å². The number of rotatable bonds is 4. The Morgan fingerprint density at radius 3 is 2.55 bits per heavy atom. The number of benzene rings is 1. The van der Waals surface area contributed by atoms with Gasteiger partial charge in [0.2, 0.25) is 10.0 Å². The van der Waals surface area contributed by atoms with Gasteiger partial charge in [0.15, 0.2) is 0 Å². The lowest BCUT2D eigenvalue weighted by atomic mass is 10.0. The van der Waals surface area contributed by atoms with Crippen LogP contribution in [0.3, 0.4) is 0 Å². The molecule has 0 saturated carbocycles. The van der Waals surface area contributed by atoms with E-state index in [0.717, 1.165) is 11.0 Å². The molecule has 2 aromatic rings. The predicted octanol–water partition coefficient (Wildman–Crippen LogP) is 2.59. The zero-order valence-electron chi connectivity index (χ0n) is 12.3. The number of H-pyrrole nitrogens is 1. The number of nitrogens with one attached hydrogen (secondary N) is 2. The molecule has 0 aliphatic heterocycles. The number of nitrogens with zero attached hydrogens (tertiary/aromatic N) is 1. The highest BCUT2D eigenvalue weighted by molar-refractivity contribution is 7.89. The fourth-order valence-corrected chi connectivity index (χ4v) is 3.99. The van der Waals surface area contributed by atoms with Crippen LogP contribution >= 0.6 is 0 Å². The fraction of sp³-hybridized carbons (Fsp3) is 0.500. The third kappa shape index (κ3) is 3.80. The lowest BCUT2D eigenvalue weighted by Crippen LogP contribution is -2.34. The number of imidazole rings is 1. The molecular weight excluding hydrogens is 274 g/mol. The molecule has 0 saturated heterocycles. The van der Waals surface area contributed by atoms with Crippen molar-refractivity contribution in [3.63, 3.8) is 0 Å². The standard InChI is InChI=1S/C14H21N3O2S/c1-10(17-20(18,19)9-14(2,3)4)13-15-11-7-5-6-8-12(11)16-13/h5-8,10,17H,9H2,1-4H3,(H,15,16). The molecule has 6 heteroatoms. The molecular formula is C14H21N3O2S. The Hall–Kier alpha value is -1.40. The molecule has 5 nitrogen and oxygen atoms in total. The van der Waals surface area contributed by atoms with Crippen LogP contribution < -0.4 is 4.72 Å². The number of hydrogen-bond donors (Lipinski definition) is 2. The molecule has 2 N–H and O–H groups in total. The molecule has 110 valence electrons. The largest absolute Gasteiger partial charge is 0.341 e. The van der Waals surface area contributed by atoms with E-state index in [1.54, 1.807) is 6.92 Å². The lowest BCUT2D eigenvalue weighted by molar-refractivity contribution is 0.454. The van der Waals surface area contributed by atoms with Gasteiger partial charge < -0.3 is 4.98 Å². The molecule has 1 unspecified atom stereocenters. The molecule has 0 amide bonds. The summed E-state index contributed by atoms with van der Waals surface area (Å²) in [6.07, 6.45) is 0.